The van der Waals surface area contributed by atoms with E-state index in [0.717, 1.165) is 31.3 Å². The average molecular weight is 261 g/mol. The SMILES string of the molecule is NCC1CCCN1c1cc(N2CCCCC2)ncn1. The Balaban J connectivity index is 1.79. The van der Waals surface area contributed by atoms with Crippen LogP contribution in [0, 0.1) is 0 Å². The van der Waals surface area contributed by atoms with Crippen molar-refractivity contribution in [3.05, 3.63) is 12.4 Å². The minimum absolute atomic E-state index is 0.448. The number of rotatable bonds is 3. The Morgan fingerprint density at radius 3 is 2.63 bits per heavy atom. The fourth-order valence-corrected chi connectivity index (χ4v) is 3.17. The number of hydrogen-bond acceptors (Lipinski definition) is 5. The van der Waals surface area contributed by atoms with E-state index in [4.69, 9.17) is 5.73 Å². The second kappa shape index (κ2) is 5.74. The van der Waals surface area contributed by atoms with Crippen LogP contribution in [0.1, 0.15) is 32.1 Å². The first-order valence-electron chi connectivity index (χ1n) is 7.42. The second-order valence-electron chi connectivity index (χ2n) is 5.51. The van der Waals surface area contributed by atoms with Gasteiger partial charge in [-0.1, -0.05) is 0 Å². The lowest BCUT2D eigenvalue weighted by Gasteiger charge is -2.29. The normalized spacial score (nSPS) is 23.9. The van der Waals surface area contributed by atoms with Crippen molar-refractivity contribution in [3.63, 3.8) is 0 Å². The summed E-state index contributed by atoms with van der Waals surface area (Å²) in [4.78, 5) is 13.6. The molecule has 0 radical (unpaired) electrons. The van der Waals surface area contributed by atoms with Crippen molar-refractivity contribution in [2.24, 2.45) is 5.73 Å². The fourth-order valence-electron chi connectivity index (χ4n) is 3.17. The zero-order chi connectivity index (χ0) is 13.1. The van der Waals surface area contributed by atoms with Gasteiger partial charge in [-0.2, -0.15) is 0 Å². The Labute approximate surface area is 114 Å². The van der Waals surface area contributed by atoms with Crippen LogP contribution < -0.4 is 15.5 Å². The van der Waals surface area contributed by atoms with Crippen molar-refractivity contribution in [2.75, 3.05) is 36.0 Å². The third-order valence-electron chi connectivity index (χ3n) is 4.26. The standard InChI is InChI=1S/C14H23N5/c15-10-12-5-4-8-19(12)14-9-13(16-11-17-14)18-6-2-1-3-7-18/h9,11-12H,1-8,10,15H2. The number of nitrogens with zero attached hydrogens (tertiary/aromatic N) is 4. The largest absolute Gasteiger partial charge is 0.356 e. The number of aromatic nitrogens is 2. The van der Waals surface area contributed by atoms with Crippen molar-refractivity contribution < 1.29 is 0 Å². The van der Waals surface area contributed by atoms with Gasteiger partial charge in [0.05, 0.1) is 0 Å². The minimum Gasteiger partial charge on any atom is -0.356 e. The molecule has 0 amide bonds. The topological polar surface area (TPSA) is 58.3 Å². The van der Waals surface area contributed by atoms with Gasteiger partial charge >= 0.3 is 0 Å². The highest BCUT2D eigenvalue weighted by Crippen LogP contribution is 2.26. The lowest BCUT2D eigenvalue weighted by atomic mass is 10.1. The first kappa shape index (κ1) is 12.7. The van der Waals surface area contributed by atoms with Gasteiger partial charge < -0.3 is 15.5 Å². The molecule has 0 bridgehead atoms. The van der Waals surface area contributed by atoms with Gasteiger partial charge in [0, 0.05) is 38.3 Å². The minimum atomic E-state index is 0.448. The summed E-state index contributed by atoms with van der Waals surface area (Å²) in [6, 6.07) is 2.59. The quantitative estimate of drug-likeness (QED) is 0.891. The van der Waals surface area contributed by atoms with Crippen molar-refractivity contribution in [2.45, 2.75) is 38.1 Å². The maximum atomic E-state index is 5.85. The Morgan fingerprint density at radius 1 is 1.05 bits per heavy atom. The van der Waals surface area contributed by atoms with Gasteiger partial charge in [-0.05, 0) is 32.1 Å². The third kappa shape index (κ3) is 2.66. The highest BCUT2D eigenvalue weighted by Gasteiger charge is 2.25. The van der Waals surface area contributed by atoms with Crippen LogP contribution in [0.5, 0.6) is 0 Å². The number of anilines is 2. The fraction of sp³-hybridized carbons (Fsp3) is 0.714. The molecule has 2 N–H and O–H groups in total. The molecule has 2 fully saturated rings. The number of nitrogens with two attached hydrogens (primary N) is 1. The van der Waals surface area contributed by atoms with Crippen molar-refractivity contribution in [1.82, 2.24) is 9.97 Å². The van der Waals surface area contributed by atoms with Gasteiger partial charge in [0.15, 0.2) is 0 Å². The van der Waals surface area contributed by atoms with Crippen LogP contribution >= 0.6 is 0 Å². The van der Waals surface area contributed by atoms with Crippen LogP contribution in [0.15, 0.2) is 12.4 Å². The molecule has 0 aliphatic carbocycles. The molecule has 2 saturated heterocycles. The van der Waals surface area contributed by atoms with E-state index < -0.39 is 0 Å². The lowest BCUT2D eigenvalue weighted by Crippen LogP contribution is -2.36. The summed E-state index contributed by atoms with van der Waals surface area (Å²) in [7, 11) is 0. The van der Waals surface area contributed by atoms with Crippen LogP contribution in [0.4, 0.5) is 11.6 Å². The molecule has 3 rings (SSSR count). The summed E-state index contributed by atoms with van der Waals surface area (Å²) in [6.07, 6.45) is 7.98. The molecule has 2 aliphatic rings. The molecule has 0 aromatic carbocycles. The zero-order valence-electron chi connectivity index (χ0n) is 11.5. The molecule has 1 unspecified atom stereocenters. The highest BCUT2D eigenvalue weighted by molar-refractivity contribution is 5.51. The van der Waals surface area contributed by atoms with E-state index in [1.54, 1.807) is 6.33 Å². The number of hydrogen-bond donors (Lipinski definition) is 1. The molecular formula is C14H23N5. The van der Waals surface area contributed by atoms with Crippen molar-refractivity contribution in [1.29, 1.82) is 0 Å². The number of piperidine rings is 1. The third-order valence-corrected chi connectivity index (χ3v) is 4.26. The summed E-state index contributed by atoms with van der Waals surface area (Å²) in [5.74, 6) is 2.12. The molecule has 0 saturated carbocycles. The molecular weight excluding hydrogens is 238 g/mol. The van der Waals surface area contributed by atoms with E-state index in [1.807, 2.05) is 0 Å². The second-order valence-corrected chi connectivity index (χ2v) is 5.51. The molecule has 3 heterocycles. The molecule has 2 aliphatic heterocycles. The van der Waals surface area contributed by atoms with Gasteiger partial charge in [0.1, 0.15) is 18.0 Å². The van der Waals surface area contributed by atoms with Gasteiger partial charge in [0.2, 0.25) is 0 Å². The highest BCUT2D eigenvalue weighted by atomic mass is 15.3. The Hall–Kier alpha value is -1.36. The predicted octanol–water partition coefficient (Wildman–Crippen LogP) is 1.39. The van der Waals surface area contributed by atoms with Gasteiger partial charge in [-0.15, -0.1) is 0 Å². The van der Waals surface area contributed by atoms with Gasteiger partial charge in [0.25, 0.3) is 0 Å². The summed E-state index contributed by atoms with van der Waals surface area (Å²) >= 11 is 0. The van der Waals surface area contributed by atoms with Gasteiger partial charge in [-0.25, -0.2) is 9.97 Å². The van der Waals surface area contributed by atoms with E-state index in [-0.39, 0.29) is 0 Å². The molecule has 104 valence electrons. The maximum Gasteiger partial charge on any atom is 0.134 e. The summed E-state index contributed by atoms with van der Waals surface area (Å²) < 4.78 is 0. The molecule has 5 nitrogen and oxygen atoms in total. The van der Waals surface area contributed by atoms with E-state index in [1.165, 1.54) is 32.1 Å². The van der Waals surface area contributed by atoms with E-state index in [9.17, 15) is 0 Å². The van der Waals surface area contributed by atoms with Crippen LogP contribution in [0.25, 0.3) is 0 Å². The summed E-state index contributed by atoms with van der Waals surface area (Å²) in [5.41, 5.74) is 5.85. The van der Waals surface area contributed by atoms with Crippen LogP contribution in [-0.4, -0.2) is 42.2 Å². The monoisotopic (exact) mass is 261 g/mol. The van der Waals surface area contributed by atoms with E-state index >= 15 is 0 Å². The summed E-state index contributed by atoms with van der Waals surface area (Å²) in [5, 5.41) is 0. The molecule has 1 aromatic rings. The molecule has 19 heavy (non-hydrogen) atoms. The Bertz CT molecular complexity index is 416. The molecule has 1 atom stereocenters. The Kier molecular flexibility index (Phi) is 3.82. The first-order chi connectivity index (χ1) is 9.38. The smallest absolute Gasteiger partial charge is 0.134 e. The van der Waals surface area contributed by atoms with Crippen molar-refractivity contribution in [3.8, 4) is 0 Å². The molecule has 1 aromatic heterocycles. The van der Waals surface area contributed by atoms with Gasteiger partial charge in [-0.3, -0.25) is 0 Å². The molecule has 5 heteroatoms. The first-order valence-corrected chi connectivity index (χ1v) is 7.42. The Morgan fingerprint density at radius 2 is 1.84 bits per heavy atom. The van der Waals surface area contributed by atoms with Crippen LogP contribution in [-0.2, 0) is 0 Å². The van der Waals surface area contributed by atoms with Crippen LogP contribution in [0.3, 0.4) is 0 Å². The van der Waals surface area contributed by atoms with Crippen LogP contribution in [0.2, 0.25) is 0 Å². The predicted molar refractivity (Wildman–Crippen MR) is 77.5 cm³/mol. The van der Waals surface area contributed by atoms with Crippen molar-refractivity contribution >= 4 is 11.6 Å². The lowest BCUT2D eigenvalue weighted by molar-refractivity contribution is 0.572. The average Bonchev–Trinajstić information content (AvgIpc) is 2.97. The van der Waals surface area contributed by atoms with E-state index in [2.05, 4.69) is 25.8 Å². The zero-order valence-corrected chi connectivity index (χ0v) is 11.5. The maximum absolute atomic E-state index is 5.85. The van der Waals surface area contributed by atoms with E-state index in [0.29, 0.717) is 12.6 Å². The molecule has 0 spiro atoms. The summed E-state index contributed by atoms with van der Waals surface area (Å²) in [6.45, 7) is 4.02.